The lowest BCUT2D eigenvalue weighted by Gasteiger charge is -2.29. The average Bonchev–Trinajstić information content (AvgIpc) is 2.67. The van der Waals surface area contributed by atoms with E-state index in [1.165, 1.54) is 6.07 Å². The first-order valence-electron chi connectivity index (χ1n) is 8.49. The largest absolute Gasteiger partial charge is 0.418 e. The molecule has 0 unspecified atom stereocenters. The number of hydrogen-bond donors (Lipinski definition) is 1. The molecule has 1 aromatic carbocycles. The Hall–Kier alpha value is -2.87. The summed E-state index contributed by atoms with van der Waals surface area (Å²) in [4.78, 5) is 11.1. The van der Waals surface area contributed by atoms with Crippen LogP contribution in [0.3, 0.4) is 0 Å². The molecule has 27 heavy (non-hydrogen) atoms. The fraction of sp³-hybridized carbons (Fsp3) is 0.263. The number of benzene rings is 1. The van der Waals surface area contributed by atoms with E-state index in [9.17, 15) is 13.2 Å². The number of pyridine rings is 2. The van der Waals surface area contributed by atoms with Gasteiger partial charge in [-0.05, 0) is 30.3 Å². The highest BCUT2D eigenvalue weighted by molar-refractivity contribution is 5.92. The summed E-state index contributed by atoms with van der Waals surface area (Å²) in [5.41, 5.74) is 5.79. The van der Waals surface area contributed by atoms with Crippen LogP contribution in [-0.2, 0) is 10.9 Å². The van der Waals surface area contributed by atoms with Crippen LogP contribution in [0.2, 0.25) is 0 Å². The van der Waals surface area contributed by atoms with Gasteiger partial charge >= 0.3 is 6.18 Å². The van der Waals surface area contributed by atoms with Crippen molar-refractivity contribution in [1.82, 2.24) is 9.97 Å². The minimum Gasteiger partial charge on any atom is -0.398 e. The molecule has 3 aromatic rings. The number of fused-ring (bicyclic) bond motifs is 1. The van der Waals surface area contributed by atoms with Gasteiger partial charge in [-0.15, -0.1) is 0 Å². The molecule has 0 spiro atoms. The molecule has 3 heterocycles. The van der Waals surface area contributed by atoms with Crippen LogP contribution in [0.25, 0.3) is 22.2 Å². The maximum Gasteiger partial charge on any atom is 0.418 e. The molecule has 5 nitrogen and oxygen atoms in total. The molecule has 2 N–H and O–H groups in total. The van der Waals surface area contributed by atoms with Crippen LogP contribution in [0, 0.1) is 0 Å². The van der Waals surface area contributed by atoms with Crippen molar-refractivity contribution in [3.63, 3.8) is 0 Å². The molecule has 1 fully saturated rings. The van der Waals surface area contributed by atoms with E-state index in [0.717, 1.165) is 11.5 Å². The van der Waals surface area contributed by atoms with Gasteiger partial charge in [0.2, 0.25) is 0 Å². The third-order valence-electron chi connectivity index (χ3n) is 4.54. The van der Waals surface area contributed by atoms with E-state index >= 15 is 0 Å². The van der Waals surface area contributed by atoms with Gasteiger partial charge in [0.05, 0.1) is 30.0 Å². The molecule has 0 aliphatic carbocycles. The first-order valence-corrected chi connectivity index (χ1v) is 8.49. The number of rotatable bonds is 2. The summed E-state index contributed by atoms with van der Waals surface area (Å²) in [6, 6.07) is 9.27. The Labute approximate surface area is 153 Å². The van der Waals surface area contributed by atoms with Crippen LogP contribution >= 0.6 is 0 Å². The van der Waals surface area contributed by atoms with Crippen LogP contribution in [0.15, 0.2) is 42.6 Å². The fourth-order valence-corrected chi connectivity index (χ4v) is 3.18. The molecule has 1 aliphatic rings. The maximum atomic E-state index is 13.2. The van der Waals surface area contributed by atoms with Crippen LogP contribution in [0.1, 0.15) is 5.56 Å². The lowest BCUT2D eigenvalue weighted by atomic mass is 10.0. The SMILES string of the molecule is Nc1ccc(-c2cc3ncccc3c(N3CCOCC3)n2)cc1C(F)(F)F. The van der Waals surface area contributed by atoms with Crippen molar-refractivity contribution in [2.24, 2.45) is 0 Å². The Balaban J connectivity index is 1.88. The van der Waals surface area contributed by atoms with E-state index in [0.29, 0.717) is 48.9 Å². The molecule has 2 aromatic heterocycles. The Morgan fingerprint density at radius 1 is 1.07 bits per heavy atom. The molecular formula is C19H17F3N4O. The van der Waals surface area contributed by atoms with E-state index in [1.54, 1.807) is 18.3 Å². The number of morpholine rings is 1. The number of aromatic nitrogens is 2. The van der Waals surface area contributed by atoms with Crippen molar-refractivity contribution in [2.45, 2.75) is 6.18 Å². The van der Waals surface area contributed by atoms with Gasteiger partial charge < -0.3 is 15.4 Å². The molecule has 0 atom stereocenters. The van der Waals surface area contributed by atoms with Crippen LogP contribution < -0.4 is 10.6 Å². The van der Waals surface area contributed by atoms with Crippen molar-refractivity contribution in [1.29, 1.82) is 0 Å². The highest BCUT2D eigenvalue weighted by Crippen LogP contribution is 2.37. The van der Waals surface area contributed by atoms with E-state index in [1.807, 2.05) is 12.1 Å². The van der Waals surface area contributed by atoms with Gasteiger partial charge in [-0.2, -0.15) is 13.2 Å². The smallest absolute Gasteiger partial charge is 0.398 e. The highest BCUT2D eigenvalue weighted by Gasteiger charge is 2.33. The summed E-state index contributed by atoms with van der Waals surface area (Å²) in [5, 5.41) is 0.856. The van der Waals surface area contributed by atoms with Crippen LogP contribution in [-0.4, -0.2) is 36.3 Å². The summed E-state index contributed by atoms with van der Waals surface area (Å²) in [7, 11) is 0. The second kappa shape index (κ2) is 6.70. The second-order valence-electron chi connectivity index (χ2n) is 6.30. The average molecular weight is 374 g/mol. The summed E-state index contributed by atoms with van der Waals surface area (Å²) in [5.74, 6) is 0.698. The van der Waals surface area contributed by atoms with Crippen molar-refractivity contribution < 1.29 is 17.9 Å². The van der Waals surface area contributed by atoms with Gasteiger partial charge in [0.1, 0.15) is 5.82 Å². The van der Waals surface area contributed by atoms with Crippen molar-refractivity contribution in [3.05, 3.63) is 48.2 Å². The lowest BCUT2D eigenvalue weighted by Crippen LogP contribution is -2.37. The monoisotopic (exact) mass is 374 g/mol. The normalized spacial score (nSPS) is 15.3. The number of halogens is 3. The molecule has 0 saturated carbocycles. The lowest BCUT2D eigenvalue weighted by molar-refractivity contribution is -0.136. The summed E-state index contributed by atoms with van der Waals surface area (Å²) < 4.78 is 45.1. The number of nitrogen functional groups attached to an aromatic ring is 1. The number of nitrogens with two attached hydrogens (primary N) is 1. The summed E-state index contributed by atoms with van der Waals surface area (Å²) in [6.07, 6.45) is -2.87. The first kappa shape index (κ1) is 17.5. The minimum atomic E-state index is -4.53. The Kier molecular flexibility index (Phi) is 4.35. The number of hydrogen-bond acceptors (Lipinski definition) is 5. The Morgan fingerprint density at radius 2 is 1.85 bits per heavy atom. The third-order valence-corrected chi connectivity index (χ3v) is 4.54. The number of alkyl halides is 3. The van der Waals surface area contributed by atoms with Crippen LogP contribution in [0.4, 0.5) is 24.7 Å². The van der Waals surface area contributed by atoms with Gasteiger partial charge in [0.25, 0.3) is 0 Å². The zero-order valence-electron chi connectivity index (χ0n) is 14.3. The summed E-state index contributed by atoms with van der Waals surface area (Å²) >= 11 is 0. The Morgan fingerprint density at radius 3 is 2.59 bits per heavy atom. The van der Waals surface area contributed by atoms with Gasteiger partial charge in [-0.1, -0.05) is 6.07 Å². The Bertz CT molecular complexity index is 984. The number of ether oxygens (including phenoxy) is 1. The predicted octanol–water partition coefficient (Wildman–Crippen LogP) is 3.73. The topological polar surface area (TPSA) is 64.3 Å². The molecule has 8 heteroatoms. The third kappa shape index (κ3) is 3.40. The van der Waals surface area contributed by atoms with Gasteiger partial charge in [-0.3, -0.25) is 4.98 Å². The predicted molar refractivity (Wildman–Crippen MR) is 97.4 cm³/mol. The molecule has 0 radical (unpaired) electrons. The minimum absolute atomic E-state index is 0.307. The first-order chi connectivity index (χ1) is 12.9. The van der Waals surface area contributed by atoms with Crippen LogP contribution in [0.5, 0.6) is 0 Å². The van der Waals surface area contributed by atoms with Gasteiger partial charge in [0.15, 0.2) is 0 Å². The van der Waals surface area contributed by atoms with E-state index in [2.05, 4.69) is 14.9 Å². The summed E-state index contributed by atoms with van der Waals surface area (Å²) in [6.45, 7) is 2.48. The number of nitrogens with zero attached hydrogens (tertiary/aromatic N) is 3. The number of anilines is 2. The van der Waals surface area contributed by atoms with E-state index < -0.39 is 11.7 Å². The quantitative estimate of drug-likeness (QED) is 0.693. The molecule has 0 amide bonds. The van der Waals surface area contributed by atoms with Crippen molar-refractivity contribution in [2.75, 3.05) is 36.9 Å². The molecule has 1 saturated heterocycles. The van der Waals surface area contributed by atoms with Gasteiger partial charge in [0, 0.05) is 35.9 Å². The molecular weight excluding hydrogens is 357 g/mol. The second-order valence-corrected chi connectivity index (χ2v) is 6.30. The van der Waals surface area contributed by atoms with Crippen molar-refractivity contribution in [3.8, 4) is 11.3 Å². The highest BCUT2D eigenvalue weighted by atomic mass is 19.4. The zero-order valence-corrected chi connectivity index (χ0v) is 14.3. The molecule has 4 rings (SSSR count). The molecule has 1 aliphatic heterocycles. The fourth-order valence-electron chi connectivity index (χ4n) is 3.18. The molecule has 140 valence electrons. The van der Waals surface area contributed by atoms with Gasteiger partial charge in [-0.25, -0.2) is 4.98 Å². The zero-order chi connectivity index (χ0) is 19.0. The van der Waals surface area contributed by atoms with E-state index in [4.69, 9.17) is 10.5 Å². The van der Waals surface area contributed by atoms with Crippen molar-refractivity contribution >= 4 is 22.4 Å². The maximum absolute atomic E-state index is 13.2. The van der Waals surface area contributed by atoms with E-state index in [-0.39, 0.29) is 5.69 Å². The molecule has 0 bridgehead atoms. The standard InChI is InChI=1S/C19H17F3N4O/c20-19(21,22)14-10-12(3-4-15(14)23)16-11-17-13(2-1-5-24-17)18(25-16)26-6-8-27-9-7-26/h1-5,10-11H,6-9,23H2.